The molecule has 2 aromatic rings. The minimum Gasteiger partial charge on any atom is -0.333 e. The first-order valence-electron chi connectivity index (χ1n) is 8.25. The second-order valence-corrected chi connectivity index (χ2v) is 7.18. The van der Waals surface area contributed by atoms with Crippen molar-refractivity contribution in [3.63, 3.8) is 0 Å². The molecule has 0 spiro atoms. The van der Waals surface area contributed by atoms with Gasteiger partial charge in [0.25, 0.3) is 0 Å². The van der Waals surface area contributed by atoms with Gasteiger partial charge in [-0.3, -0.25) is 5.10 Å². The molecule has 0 aromatic carbocycles. The predicted molar refractivity (Wildman–Crippen MR) is 92.5 cm³/mol. The number of urea groups is 1. The molecule has 2 N–H and O–H groups in total. The largest absolute Gasteiger partial charge is 0.333 e. The summed E-state index contributed by atoms with van der Waals surface area (Å²) in [5.41, 5.74) is 3.27. The third-order valence-electron chi connectivity index (χ3n) is 4.53. The summed E-state index contributed by atoms with van der Waals surface area (Å²) in [6.45, 7) is 5.47. The zero-order valence-electron chi connectivity index (χ0n) is 13.8. The molecular formula is C17H24N4OS. The maximum Gasteiger partial charge on any atom is 0.318 e. The lowest BCUT2D eigenvalue weighted by Crippen LogP contribution is -2.42. The van der Waals surface area contributed by atoms with Crippen LogP contribution in [0.1, 0.15) is 53.6 Å². The fourth-order valence-electron chi connectivity index (χ4n) is 3.38. The molecule has 1 atom stereocenters. The molecule has 0 aliphatic carbocycles. The van der Waals surface area contributed by atoms with E-state index in [1.165, 1.54) is 16.9 Å². The Hall–Kier alpha value is -1.82. The Balaban J connectivity index is 1.77. The summed E-state index contributed by atoms with van der Waals surface area (Å²) in [7, 11) is 0. The Morgan fingerprint density at radius 2 is 2.30 bits per heavy atom. The number of hydrogen-bond donors (Lipinski definition) is 2. The van der Waals surface area contributed by atoms with Crippen LogP contribution in [-0.2, 0) is 6.54 Å². The SMILES string of the molecule is Cc1n[nH]c(C)c1[C@@H]1CCCCCN1C(=O)NCc1cccs1. The van der Waals surface area contributed by atoms with Crippen molar-refractivity contribution in [2.24, 2.45) is 0 Å². The monoisotopic (exact) mass is 332 g/mol. The summed E-state index contributed by atoms with van der Waals surface area (Å²) in [4.78, 5) is 15.9. The van der Waals surface area contributed by atoms with Gasteiger partial charge in [-0.05, 0) is 38.1 Å². The summed E-state index contributed by atoms with van der Waals surface area (Å²) in [6, 6.07) is 4.22. The lowest BCUT2D eigenvalue weighted by Gasteiger charge is -2.30. The highest BCUT2D eigenvalue weighted by atomic mass is 32.1. The van der Waals surface area contributed by atoms with E-state index in [4.69, 9.17) is 0 Å². The van der Waals surface area contributed by atoms with Crippen molar-refractivity contribution in [1.29, 1.82) is 0 Å². The molecule has 3 heterocycles. The van der Waals surface area contributed by atoms with Crippen LogP contribution in [0.15, 0.2) is 17.5 Å². The van der Waals surface area contributed by atoms with Crippen LogP contribution >= 0.6 is 11.3 Å². The predicted octanol–water partition coefficient (Wildman–Crippen LogP) is 3.91. The molecule has 5 nitrogen and oxygen atoms in total. The fourth-order valence-corrected chi connectivity index (χ4v) is 4.02. The second-order valence-electron chi connectivity index (χ2n) is 6.14. The molecule has 23 heavy (non-hydrogen) atoms. The quantitative estimate of drug-likeness (QED) is 0.895. The number of aromatic amines is 1. The summed E-state index contributed by atoms with van der Waals surface area (Å²) in [5.74, 6) is 0. The van der Waals surface area contributed by atoms with Crippen LogP contribution < -0.4 is 5.32 Å². The number of amides is 2. The number of H-pyrrole nitrogens is 1. The van der Waals surface area contributed by atoms with Crippen molar-refractivity contribution in [3.05, 3.63) is 39.3 Å². The highest BCUT2D eigenvalue weighted by Crippen LogP contribution is 2.33. The molecule has 2 amide bonds. The van der Waals surface area contributed by atoms with Gasteiger partial charge >= 0.3 is 6.03 Å². The average Bonchev–Trinajstić information content (AvgIpc) is 3.09. The molecule has 0 bridgehead atoms. The Bertz CT molecular complexity index is 630. The van der Waals surface area contributed by atoms with Gasteiger partial charge in [-0.1, -0.05) is 18.9 Å². The smallest absolute Gasteiger partial charge is 0.318 e. The first-order chi connectivity index (χ1) is 11.2. The number of nitrogens with zero attached hydrogens (tertiary/aromatic N) is 2. The van der Waals surface area contributed by atoms with E-state index in [1.54, 1.807) is 11.3 Å². The van der Waals surface area contributed by atoms with Crippen LogP contribution in [0.4, 0.5) is 4.79 Å². The maximum atomic E-state index is 12.8. The minimum atomic E-state index is 0.0327. The van der Waals surface area contributed by atoms with Crippen LogP contribution in [0.5, 0.6) is 0 Å². The van der Waals surface area contributed by atoms with Crippen molar-refractivity contribution in [3.8, 4) is 0 Å². The van der Waals surface area contributed by atoms with E-state index < -0.39 is 0 Å². The van der Waals surface area contributed by atoms with E-state index in [9.17, 15) is 4.79 Å². The van der Waals surface area contributed by atoms with Crippen molar-refractivity contribution in [2.45, 2.75) is 52.1 Å². The van der Waals surface area contributed by atoms with Crippen molar-refractivity contribution >= 4 is 17.4 Å². The molecule has 1 aliphatic rings. The van der Waals surface area contributed by atoms with Gasteiger partial charge in [0.05, 0.1) is 18.3 Å². The number of carbonyl (C=O) groups is 1. The van der Waals surface area contributed by atoms with Gasteiger partial charge in [-0.25, -0.2) is 4.79 Å². The fraction of sp³-hybridized carbons (Fsp3) is 0.529. The topological polar surface area (TPSA) is 61.0 Å². The normalized spacial score (nSPS) is 18.7. The molecule has 0 saturated carbocycles. The number of thiophene rings is 1. The third-order valence-corrected chi connectivity index (χ3v) is 5.40. The Morgan fingerprint density at radius 3 is 3.00 bits per heavy atom. The van der Waals surface area contributed by atoms with Gasteiger partial charge in [0.1, 0.15) is 0 Å². The molecule has 124 valence electrons. The maximum absolute atomic E-state index is 12.8. The molecule has 1 aliphatic heterocycles. The van der Waals surface area contributed by atoms with E-state index >= 15 is 0 Å². The van der Waals surface area contributed by atoms with Gasteiger partial charge in [0, 0.05) is 22.7 Å². The van der Waals surface area contributed by atoms with E-state index in [0.717, 1.165) is 37.2 Å². The number of aryl methyl sites for hydroxylation is 2. The Kier molecular flexibility index (Phi) is 5.00. The van der Waals surface area contributed by atoms with E-state index in [-0.39, 0.29) is 12.1 Å². The molecule has 0 radical (unpaired) electrons. The zero-order valence-corrected chi connectivity index (χ0v) is 14.6. The number of rotatable bonds is 3. The van der Waals surface area contributed by atoms with Crippen molar-refractivity contribution in [1.82, 2.24) is 20.4 Å². The van der Waals surface area contributed by atoms with Gasteiger partial charge in [0.2, 0.25) is 0 Å². The molecule has 1 fully saturated rings. The van der Waals surface area contributed by atoms with Crippen LogP contribution in [-0.4, -0.2) is 27.7 Å². The van der Waals surface area contributed by atoms with Crippen LogP contribution in [0, 0.1) is 13.8 Å². The van der Waals surface area contributed by atoms with Crippen molar-refractivity contribution in [2.75, 3.05) is 6.54 Å². The van der Waals surface area contributed by atoms with Gasteiger partial charge in [-0.15, -0.1) is 11.3 Å². The van der Waals surface area contributed by atoms with Gasteiger partial charge in [-0.2, -0.15) is 5.10 Å². The summed E-state index contributed by atoms with van der Waals surface area (Å²) < 4.78 is 0. The van der Waals surface area contributed by atoms with Gasteiger partial charge < -0.3 is 10.2 Å². The summed E-state index contributed by atoms with van der Waals surface area (Å²) >= 11 is 1.67. The van der Waals surface area contributed by atoms with E-state index in [2.05, 4.69) is 21.6 Å². The zero-order chi connectivity index (χ0) is 16.2. The summed E-state index contributed by atoms with van der Waals surface area (Å²) in [5, 5.41) is 12.5. The lowest BCUT2D eigenvalue weighted by atomic mass is 9.99. The molecule has 0 unspecified atom stereocenters. The second kappa shape index (κ2) is 7.17. The standard InChI is InChI=1S/C17H24N4OS/c1-12-16(13(2)20-19-12)15-8-4-3-5-9-21(15)17(22)18-11-14-7-6-10-23-14/h6-7,10,15H,3-5,8-9,11H2,1-2H3,(H,18,22)(H,19,20)/t15-/m0/s1. The minimum absolute atomic E-state index is 0.0327. The van der Waals surface area contributed by atoms with Gasteiger partial charge in [0.15, 0.2) is 0 Å². The van der Waals surface area contributed by atoms with Crippen molar-refractivity contribution < 1.29 is 4.79 Å². The molecular weight excluding hydrogens is 308 g/mol. The third kappa shape index (κ3) is 3.58. The first-order valence-corrected chi connectivity index (χ1v) is 9.13. The number of carbonyl (C=O) groups excluding carboxylic acids is 1. The van der Waals surface area contributed by atoms with Crippen LogP contribution in [0.3, 0.4) is 0 Å². The number of nitrogens with one attached hydrogen (secondary N) is 2. The lowest BCUT2D eigenvalue weighted by molar-refractivity contribution is 0.175. The molecule has 3 rings (SSSR count). The van der Waals surface area contributed by atoms with Crippen LogP contribution in [0.25, 0.3) is 0 Å². The number of hydrogen-bond acceptors (Lipinski definition) is 3. The number of aromatic nitrogens is 2. The average molecular weight is 332 g/mol. The molecule has 1 saturated heterocycles. The molecule has 6 heteroatoms. The van der Waals surface area contributed by atoms with Crippen LogP contribution in [0.2, 0.25) is 0 Å². The highest BCUT2D eigenvalue weighted by Gasteiger charge is 2.30. The van der Waals surface area contributed by atoms with E-state index in [0.29, 0.717) is 6.54 Å². The number of likely N-dealkylation sites (tertiary alicyclic amines) is 1. The first kappa shape index (κ1) is 16.1. The Labute approximate surface area is 141 Å². The molecule has 2 aromatic heterocycles. The Morgan fingerprint density at radius 1 is 1.43 bits per heavy atom. The summed E-state index contributed by atoms with van der Waals surface area (Å²) in [6.07, 6.45) is 4.41. The van der Waals surface area contributed by atoms with E-state index in [1.807, 2.05) is 30.2 Å². The highest BCUT2D eigenvalue weighted by molar-refractivity contribution is 7.09.